The van der Waals surface area contributed by atoms with Gasteiger partial charge >= 0.3 is 23.9 Å². The molecular weight excluding hydrogens is 909 g/mol. The fourth-order valence-corrected chi connectivity index (χ4v) is 9.08. The number of rotatable bonds is 16. The molecule has 4 aliphatic rings. The Morgan fingerprint density at radius 1 is 0.319 bits per heavy atom. The summed E-state index contributed by atoms with van der Waals surface area (Å²) in [5.41, 5.74) is -12.7. The third kappa shape index (κ3) is 11.8. The van der Waals surface area contributed by atoms with Crippen molar-refractivity contribution in [1.82, 2.24) is 40.9 Å². The Bertz CT molecular complexity index is 1830. The van der Waals surface area contributed by atoms with Crippen LogP contribution in [-0.4, -0.2) is 188 Å². The second-order valence-electron chi connectivity index (χ2n) is 22.4. The zero-order chi connectivity index (χ0) is 53.1. The molecule has 0 saturated carbocycles. The highest BCUT2D eigenvalue weighted by Crippen LogP contribution is 2.29. The van der Waals surface area contributed by atoms with E-state index in [1.165, 1.54) is 111 Å². The molecular formula is C45H68N8O16. The quantitative estimate of drug-likeness (QED) is 0.0754. The van der Waals surface area contributed by atoms with E-state index >= 15 is 0 Å². The van der Waals surface area contributed by atoms with Crippen molar-refractivity contribution in [2.45, 2.75) is 155 Å². The molecule has 0 atom stereocenters. The maximum absolute atomic E-state index is 13.7. The Balaban J connectivity index is 1.72. The van der Waals surface area contributed by atoms with Gasteiger partial charge < -0.3 is 18.9 Å². The van der Waals surface area contributed by atoms with Crippen LogP contribution < -0.4 is 21.3 Å². The Morgan fingerprint density at radius 2 is 0.449 bits per heavy atom. The lowest BCUT2D eigenvalue weighted by atomic mass is 9.89. The largest absolute Gasteiger partial charge is 0.463 e. The first kappa shape index (κ1) is 55.9. The van der Waals surface area contributed by atoms with Gasteiger partial charge in [-0.3, -0.25) is 98.4 Å². The van der Waals surface area contributed by atoms with Crippen molar-refractivity contribution in [2.24, 2.45) is 5.41 Å². The van der Waals surface area contributed by atoms with E-state index in [-0.39, 0.29) is 0 Å². The minimum atomic E-state index is -2.14. The molecule has 0 aromatic heterocycles. The number of ether oxygens (including phenoxy) is 4. The summed E-state index contributed by atoms with van der Waals surface area (Å²) in [6, 6.07) is 0. The van der Waals surface area contributed by atoms with Gasteiger partial charge in [0.15, 0.2) is 0 Å². The highest BCUT2D eigenvalue weighted by atomic mass is 16.6. The zero-order valence-electron chi connectivity index (χ0n) is 42.5. The number of hydrogen-bond donors (Lipinski definition) is 4. The summed E-state index contributed by atoms with van der Waals surface area (Å²) in [5.74, 6) is -11.0. The van der Waals surface area contributed by atoms with Crippen molar-refractivity contribution in [3.63, 3.8) is 0 Å². The smallest absolute Gasteiger partial charge is 0.326 e. The maximum atomic E-state index is 13.7. The van der Waals surface area contributed by atoms with Crippen LogP contribution in [0.15, 0.2) is 0 Å². The van der Waals surface area contributed by atoms with E-state index < -0.39 is 173 Å². The summed E-state index contributed by atoms with van der Waals surface area (Å²) in [6.07, 6.45) is 0. The first-order valence-corrected chi connectivity index (χ1v) is 22.3. The van der Waals surface area contributed by atoms with E-state index in [0.29, 0.717) is 19.6 Å². The fraction of sp³-hybridized carbons (Fsp3) is 0.733. The van der Waals surface area contributed by atoms with Crippen molar-refractivity contribution >= 4 is 71.1 Å². The molecule has 0 aromatic carbocycles. The number of hydrogen-bond acceptors (Lipinski definition) is 20. The standard InChI is InChI=1S/C45H68N8O16/c1-37(2)29(58)50(30(59)38(3,4)46-37)17-25(54)66-21-45(22-67-26(55)18-51-31(60)39(5,6)47-40(7,8)32(51)61,23-68-27(56)19-52-33(62)41(9,10)48-42(11,12)34(52)63)24-69-28(57)20-53-35(64)43(13,14)49-44(15,16)36(53)65/h46-49H,17-24H2,1-16H3. The van der Waals surface area contributed by atoms with Crippen LogP contribution in [0.4, 0.5) is 0 Å². The van der Waals surface area contributed by atoms with Gasteiger partial charge in [-0.15, -0.1) is 0 Å². The third-order valence-electron chi connectivity index (χ3n) is 12.0. The van der Waals surface area contributed by atoms with Crippen LogP contribution in [0.25, 0.3) is 0 Å². The topological polar surface area (TPSA) is 303 Å². The van der Waals surface area contributed by atoms with Crippen molar-refractivity contribution in [1.29, 1.82) is 0 Å². The van der Waals surface area contributed by atoms with Crippen molar-refractivity contribution in [3.05, 3.63) is 0 Å². The lowest BCUT2D eigenvalue weighted by molar-refractivity contribution is -0.180. The average Bonchev–Trinajstić information content (AvgIpc) is 3.19. The molecule has 0 spiro atoms. The van der Waals surface area contributed by atoms with Crippen molar-refractivity contribution in [3.8, 4) is 0 Å². The van der Waals surface area contributed by atoms with Gasteiger partial charge in [0, 0.05) is 0 Å². The lowest BCUT2D eigenvalue weighted by Crippen LogP contribution is -2.73. The lowest BCUT2D eigenvalue weighted by Gasteiger charge is -2.45. The van der Waals surface area contributed by atoms with Crippen LogP contribution in [-0.2, 0) is 76.5 Å². The maximum Gasteiger partial charge on any atom is 0.326 e. The molecule has 4 aliphatic heterocycles. The number of carbonyl (C=O) groups is 12. The van der Waals surface area contributed by atoms with Gasteiger partial charge in [-0.05, 0) is 111 Å². The number of imide groups is 4. The van der Waals surface area contributed by atoms with Crippen LogP contribution in [0, 0.1) is 5.41 Å². The molecule has 0 aromatic rings. The van der Waals surface area contributed by atoms with E-state index in [9.17, 15) is 57.5 Å². The minimum absolute atomic E-state index is 0.681. The summed E-state index contributed by atoms with van der Waals surface area (Å²) in [4.78, 5) is 164. The molecule has 8 amide bonds. The van der Waals surface area contributed by atoms with Crippen LogP contribution in [0.3, 0.4) is 0 Å². The van der Waals surface area contributed by atoms with Gasteiger partial charge in [-0.1, -0.05) is 0 Å². The molecule has 384 valence electrons. The molecule has 4 N–H and O–H groups in total. The van der Waals surface area contributed by atoms with Crippen LogP contribution in [0.1, 0.15) is 111 Å². The summed E-state index contributed by atoms with van der Waals surface area (Å²) < 4.78 is 22.4. The number of esters is 4. The molecule has 4 rings (SSSR count). The molecule has 24 heteroatoms. The van der Waals surface area contributed by atoms with Gasteiger partial charge in [0.05, 0.1) is 44.3 Å². The monoisotopic (exact) mass is 976 g/mol. The Labute approximate surface area is 400 Å². The predicted molar refractivity (Wildman–Crippen MR) is 238 cm³/mol. The summed E-state index contributed by atoms with van der Waals surface area (Å²) in [5, 5.41) is 11.7. The second-order valence-corrected chi connectivity index (χ2v) is 22.4. The average molecular weight is 977 g/mol. The molecule has 0 bridgehead atoms. The number of piperazine rings is 4. The van der Waals surface area contributed by atoms with Gasteiger partial charge in [-0.25, -0.2) is 0 Å². The number of nitrogens with one attached hydrogen (secondary N) is 4. The first-order valence-electron chi connectivity index (χ1n) is 22.3. The number of carbonyl (C=O) groups excluding carboxylic acids is 12. The fourth-order valence-electron chi connectivity index (χ4n) is 9.08. The van der Waals surface area contributed by atoms with Crippen LogP contribution in [0.5, 0.6) is 0 Å². The van der Waals surface area contributed by atoms with Gasteiger partial charge in [-0.2, -0.15) is 0 Å². The molecule has 4 fully saturated rings. The highest BCUT2D eigenvalue weighted by Gasteiger charge is 2.54. The van der Waals surface area contributed by atoms with E-state index in [1.807, 2.05) is 0 Å². The normalized spacial score (nSPS) is 23.4. The van der Waals surface area contributed by atoms with E-state index in [4.69, 9.17) is 18.9 Å². The summed E-state index contributed by atoms with van der Waals surface area (Å²) in [7, 11) is 0. The molecule has 4 heterocycles. The first-order chi connectivity index (χ1) is 31.0. The summed E-state index contributed by atoms with van der Waals surface area (Å²) in [6.45, 7) is 16.4. The van der Waals surface area contributed by atoms with Crippen molar-refractivity contribution < 1.29 is 76.5 Å². The van der Waals surface area contributed by atoms with E-state index in [1.54, 1.807) is 0 Å². The van der Waals surface area contributed by atoms with Gasteiger partial charge in [0.2, 0.25) is 47.3 Å². The van der Waals surface area contributed by atoms with Gasteiger partial charge in [0.1, 0.15) is 58.0 Å². The molecule has 69 heavy (non-hydrogen) atoms. The van der Waals surface area contributed by atoms with E-state index in [0.717, 1.165) is 0 Å². The Kier molecular flexibility index (Phi) is 15.0. The minimum Gasteiger partial charge on any atom is -0.463 e. The third-order valence-corrected chi connectivity index (χ3v) is 12.0. The predicted octanol–water partition coefficient (Wildman–Crippen LogP) is -1.79. The van der Waals surface area contributed by atoms with Crippen molar-refractivity contribution in [2.75, 3.05) is 52.6 Å². The molecule has 0 radical (unpaired) electrons. The molecule has 4 saturated heterocycles. The Morgan fingerprint density at radius 3 is 0.580 bits per heavy atom. The number of nitrogens with zero attached hydrogens (tertiary/aromatic N) is 4. The number of amides is 8. The molecule has 0 unspecified atom stereocenters. The van der Waals surface area contributed by atoms with Gasteiger partial charge in [0.25, 0.3) is 0 Å². The summed E-state index contributed by atoms with van der Waals surface area (Å²) >= 11 is 0. The second kappa shape index (κ2) is 18.6. The molecule has 24 nitrogen and oxygen atoms in total. The van der Waals surface area contributed by atoms with E-state index in [2.05, 4.69) is 21.3 Å². The zero-order valence-corrected chi connectivity index (χ0v) is 42.5. The van der Waals surface area contributed by atoms with Crippen LogP contribution in [0.2, 0.25) is 0 Å². The highest BCUT2D eigenvalue weighted by molar-refractivity contribution is 6.10. The van der Waals surface area contributed by atoms with Crippen LogP contribution >= 0.6 is 0 Å². The SMILES string of the molecule is CC1(C)NC(C)(C)C(=O)N(CC(=O)OCC(COC(=O)CN2C(=O)C(C)(C)NC(C)(C)C2=O)(COC(=O)CN2C(=O)C(C)(C)NC(C)(C)C2=O)COC(=O)CN2C(=O)C(C)(C)NC(C)(C)C2=O)C1=O. The molecule has 0 aliphatic carbocycles. The Hall–Kier alpha value is -5.72.